The highest BCUT2D eigenvalue weighted by Crippen LogP contribution is 2.23. The first kappa shape index (κ1) is 24.5. The van der Waals surface area contributed by atoms with Crippen molar-refractivity contribution in [3.63, 3.8) is 0 Å². The van der Waals surface area contributed by atoms with Crippen LogP contribution in [0.2, 0.25) is 0 Å². The van der Waals surface area contributed by atoms with Crippen molar-refractivity contribution in [1.29, 1.82) is 0 Å². The molecule has 33 heavy (non-hydrogen) atoms. The largest absolute Gasteiger partial charge is 0.573 e. The summed E-state index contributed by atoms with van der Waals surface area (Å²) in [7, 11) is 0. The van der Waals surface area contributed by atoms with E-state index in [-0.39, 0.29) is 36.5 Å². The maximum atomic E-state index is 12.9. The van der Waals surface area contributed by atoms with Gasteiger partial charge in [-0.15, -0.1) is 13.2 Å². The number of rotatable bonds is 8. The van der Waals surface area contributed by atoms with E-state index in [0.717, 1.165) is 17.7 Å². The van der Waals surface area contributed by atoms with E-state index >= 15 is 0 Å². The number of piperazine rings is 1. The molecule has 7 nitrogen and oxygen atoms in total. The second-order valence-electron chi connectivity index (χ2n) is 7.58. The molecule has 1 aliphatic heterocycles. The Kier molecular flexibility index (Phi) is 8.23. The Bertz CT molecular complexity index is 928. The molecule has 0 saturated carbocycles. The molecule has 2 aromatic rings. The Labute approximate surface area is 188 Å². The quantitative estimate of drug-likeness (QED) is 0.583. The molecule has 178 valence electrons. The fourth-order valence-corrected chi connectivity index (χ4v) is 3.31. The molecule has 11 heteroatoms. The molecule has 0 spiro atoms. The first-order valence-electron chi connectivity index (χ1n) is 10.3. The van der Waals surface area contributed by atoms with Crippen LogP contribution in [0.1, 0.15) is 5.56 Å². The van der Waals surface area contributed by atoms with Crippen molar-refractivity contribution in [2.45, 2.75) is 12.9 Å². The minimum atomic E-state index is -4.77. The molecule has 0 atom stereocenters. The minimum absolute atomic E-state index is 0.130. The molecular weight excluding hydrogens is 444 g/mol. The minimum Gasteiger partial charge on any atom is -0.406 e. The number of hydrogen-bond acceptors (Lipinski definition) is 5. The van der Waals surface area contributed by atoms with Crippen molar-refractivity contribution < 1.29 is 31.9 Å². The predicted octanol–water partition coefficient (Wildman–Crippen LogP) is 2.60. The second kappa shape index (κ2) is 11.1. The standard InChI is InChI=1S/C22H24F4N4O3/c23-17-3-1-16(2-4-17)13-27-20(31)14-29-9-11-30(12-10-29)15-21(32)28-18-5-7-19(8-6-18)33-22(24,25)26/h1-8H,9-15H2,(H,27,31)(H,28,32). The molecule has 2 amide bonds. The first-order chi connectivity index (χ1) is 15.7. The van der Waals surface area contributed by atoms with E-state index < -0.39 is 6.36 Å². The molecule has 2 aromatic carbocycles. The topological polar surface area (TPSA) is 73.9 Å². The van der Waals surface area contributed by atoms with E-state index in [2.05, 4.69) is 15.4 Å². The molecular formula is C22H24F4N4O3. The summed E-state index contributed by atoms with van der Waals surface area (Å²) < 4.78 is 53.3. The van der Waals surface area contributed by atoms with E-state index in [9.17, 15) is 27.2 Å². The Morgan fingerprint density at radius 3 is 1.94 bits per heavy atom. The zero-order valence-electron chi connectivity index (χ0n) is 17.7. The number of hydrogen-bond donors (Lipinski definition) is 2. The SMILES string of the molecule is O=C(CN1CCN(CC(=O)Nc2ccc(OC(F)(F)F)cc2)CC1)NCc1ccc(F)cc1. The lowest BCUT2D eigenvalue weighted by atomic mass is 10.2. The number of nitrogens with zero attached hydrogens (tertiary/aromatic N) is 2. The molecule has 2 N–H and O–H groups in total. The number of carbonyl (C=O) groups excluding carboxylic acids is 2. The monoisotopic (exact) mass is 468 g/mol. The van der Waals surface area contributed by atoms with Gasteiger partial charge in [0, 0.05) is 38.4 Å². The van der Waals surface area contributed by atoms with Crippen LogP contribution in [0, 0.1) is 5.82 Å². The van der Waals surface area contributed by atoms with Gasteiger partial charge in [-0.1, -0.05) is 12.1 Å². The predicted molar refractivity (Wildman–Crippen MR) is 113 cm³/mol. The molecule has 1 heterocycles. The van der Waals surface area contributed by atoms with Gasteiger partial charge >= 0.3 is 6.36 Å². The molecule has 0 radical (unpaired) electrons. The summed E-state index contributed by atoms with van der Waals surface area (Å²) in [5.74, 6) is -1.11. The molecule has 1 fully saturated rings. The van der Waals surface area contributed by atoms with Gasteiger partial charge in [0.1, 0.15) is 11.6 Å². The van der Waals surface area contributed by atoms with Crippen molar-refractivity contribution in [2.24, 2.45) is 0 Å². The molecule has 1 saturated heterocycles. The summed E-state index contributed by atoms with van der Waals surface area (Å²) >= 11 is 0. The zero-order valence-corrected chi connectivity index (χ0v) is 17.7. The number of amides is 2. The van der Waals surface area contributed by atoms with Gasteiger partial charge in [-0.2, -0.15) is 0 Å². The fraction of sp³-hybridized carbons (Fsp3) is 0.364. The van der Waals surface area contributed by atoms with Crippen molar-refractivity contribution in [3.8, 4) is 5.75 Å². The van der Waals surface area contributed by atoms with Crippen LogP contribution in [0.4, 0.5) is 23.2 Å². The molecule has 0 bridgehead atoms. The van der Waals surface area contributed by atoms with Crippen LogP contribution in [0.3, 0.4) is 0 Å². The average molecular weight is 468 g/mol. The number of carbonyl (C=O) groups is 2. The maximum Gasteiger partial charge on any atom is 0.573 e. The molecule has 0 aromatic heterocycles. The van der Waals surface area contributed by atoms with E-state index in [4.69, 9.17) is 0 Å². The van der Waals surface area contributed by atoms with Gasteiger partial charge in [0.2, 0.25) is 11.8 Å². The number of alkyl halides is 3. The summed E-state index contributed by atoms with van der Waals surface area (Å²) in [5, 5.41) is 5.44. The van der Waals surface area contributed by atoms with E-state index in [1.807, 2.05) is 9.80 Å². The Balaban J connectivity index is 1.34. The summed E-state index contributed by atoms with van der Waals surface area (Å²) in [6.45, 7) is 3.09. The molecule has 0 aliphatic carbocycles. The summed E-state index contributed by atoms with van der Waals surface area (Å²) in [4.78, 5) is 28.3. The smallest absolute Gasteiger partial charge is 0.406 e. The second-order valence-corrected chi connectivity index (χ2v) is 7.58. The number of ether oxygens (including phenoxy) is 1. The number of halogens is 4. The first-order valence-corrected chi connectivity index (χ1v) is 10.3. The highest BCUT2D eigenvalue weighted by molar-refractivity contribution is 5.92. The Morgan fingerprint density at radius 2 is 1.39 bits per heavy atom. The van der Waals surface area contributed by atoms with Crippen molar-refractivity contribution in [2.75, 3.05) is 44.6 Å². The average Bonchev–Trinajstić information content (AvgIpc) is 2.75. The van der Waals surface area contributed by atoms with Gasteiger partial charge in [0.15, 0.2) is 0 Å². The normalized spacial score (nSPS) is 15.2. The highest BCUT2D eigenvalue weighted by Gasteiger charge is 2.31. The van der Waals surface area contributed by atoms with Gasteiger partial charge in [0.25, 0.3) is 0 Å². The highest BCUT2D eigenvalue weighted by atomic mass is 19.4. The van der Waals surface area contributed by atoms with Gasteiger partial charge in [-0.05, 0) is 42.0 Å². The zero-order chi connectivity index (χ0) is 23.8. The summed E-state index contributed by atoms with van der Waals surface area (Å²) in [6, 6.07) is 10.8. The Morgan fingerprint density at radius 1 is 0.848 bits per heavy atom. The van der Waals surface area contributed by atoms with Crippen LogP contribution < -0.4 is 15.4 Å². The number of anilines is 1. The van der Waals surface area contributed by atoms with Crippen molar-refractivity contribution >= 4 is 17.5 Å². The lowest BCUT2D eigenvalue weighted by Crippen LogP contribution is -2.50. The number of nitrogens with one attached hydrogen (secondary N) is 2. The van der Waals surface area contributed by atoms with Gasteiger partial charge in [-0.25, -0.2) is 4.39 Å². The molecule has 3 rings (SSSR count). The third-order valence-electron chi connectivity index (χ3n) is 4.97. The van der Waals surface area contributed by atoms with Crippen LogP contribution in [-0.4, -0.2) is 67.2 Å². The van der Waals surface area contributed by atoms with Crippen LogP contribution in [-0.2, 0) is 16.1 Å². The van der Waals surface area contributed by atoms with Crippen LogP contribution in [0.15, 0.2) is 48.5 Å². The lowest BCUT2D eigenvalue weighted by molar-refractivity contribution is -0.274. The third-order valence-corrected chi connectivity index (χ3v) is 4.97. The summed E-state index contributed by atoms with van der Waals surface area (Å²) in [5.41, 5.74) is 1.18. The third kappa shape index (κ3) is 8.70. The lowest BCUT2D eigenvalue weighted by Gasteiger charge is -2.33. The van der Waals surface area contributed by atoms with Crippen LogP contribution in [0.25, 0.3) is 0 Å². The van der Waals surface area contributed by atoms with E-state index in [1.165, 1.54) is 24.3 Å². The van der Waals surface area contributed by atoms with E-state index in [1.54, 1.807) is 12.1 Å². The van der Waals surface area contributed by atoms with E-state index in [0.29, 0.717) is 38.4 Å². The Hall–Kier alpha value is -3.18. The number of benzene rings is 2. The maximum absolute atomic E-state index is 12.9. The van der Waals surface area contributed by atoms with Crippen molar-refractivity contribution in [1.82, 2.24) is 15.1 Å². The van der Waals surface area contributed by atoms with Gasteiger partial charge < -0.3 is 15.4 Å². The van der Waals surface area contributed by atoms with Gasteiger partial charge in [-0.3, -0.25) is 19.4 Å². The van der Waals surface area contributed by atoms with Crippen LogP contribution in [0.5, 0.6) is 5.75 Å². The van der Waals surface area contributed by atoms with Crippen molar-refractivity contribution in [3.05, 3.63) is 59.9 Å². The van der Waals surface area contributed by atoms with Gasteiger partial charge in [0.05, 0.1) is 13.1 Å². The van der Waals surface area contributed by atoms with Crippen LogP contribution >= 0.6 is 0 Å². The fourth-order valence-electron chi connectivity index (χ4n) is 3.31. The molecule has 0 unspecified atom stereocenters. The summed E-state index contributed by atoms with van der Waals surface area (Å²) in [6.07, 6.45) is -4.77. The molecule has 1 aliphatic rings.